The van der Waals surface area contributed by atoms with Crippen molar-refractivity contribution in [2.75, 3.05) is 0 Å². The summed E-state index contributed by atoms with van der Waals surface area (Å²) in [6.45, 7) is 1.82. The van der Waals surface area contributed by atoms with Crippen LogP contribution in [0.4, 0.5) is 0 Å². The first-order chi connectivity index (χ1) is 14.1. The first kappa shape index (κ1) is 18.1. The zero-order valence-corrected chi connectivity index (χ0v) is 17.0. The first-order valence-electron chi connectivity index (χ1n) is 9.88. The number of thiophene rings is 1. The topological polar surface area (TPSA) is 64.0 Å². The molecule has 1 N–H and O–H groups in total. The second kappa shape index (κ2) is 7.12. The average Bonchev–Trinajstić information content (AvgIpc) is 3.13. The van der Waals surface area contributed by atoms with Crippen molar-refractivity contribution >= 4 is 37.4 Å². The molecule has 0 fully saturated rings. The van der Waals surface area contributed by atoms with E-state index in [9.17, 15) is 9.59 Å². The maximum Gasteiger partial charge on any atom is 0.276 e. The van der Waals surface area contributed by atoms with Crippen LogP contribution in [-0.4, -0.2) is 15.7 Å². The van der Waals surface area contributed by atoms with Crippen LogP contribution in [0.5, 0.6) is 0 Å². The largest absolute Gasteiger partial charge is 0.348 e. The summed E-state index contributed by atoms with van der Waals surface area (Å²) < 4.78 is 3.26. The lowest BCUT2D eigenvalue weighted by Crippen LogP contribution is -2.37. The van der Waals surface area contributed by atoms with Gasteiger partial charge in [-0.1, -0.05) is 42.5 Å². The fourth-order valence-corrected chi connectivity index (χ4v) is 5.43. The van der Waals surface area contributed by atoms with Gasteiger partial charge >= 0.3 is 0 Å². The molecule has 5 rings (SSSR count). The highest BCUT2D eigenvalue weighted by Gasteiger charge is 2.22. The predicted octanol–water partition coefficient (Wildman–Crippen LogP) is 4.11. The van der Waals surface area contributed by atoms with Crippen molar-refractivity contribution in [3.63, 3.8) is 0 Å². The second-order valence-corrected chi connectivity index (χ2v) is 8.61. The molecule has 0 bridgehead atoms. The van der Waals surface area contributed by atoms with Gasteiger partial charge in [0.15, 0.2) is 0 Å². The fourth-order valence-electron chi connectivity index (χ4n) is 4.30. The number of hydrogen-bond acceptors (Lipinski definition) is 4. The SMILES string of the molecule is Cc1nn(CC(=O)N[C@H]2CCCc3ccccc32)c(=O)c2c1sc1ccccc12. The molecule has 2 aromatic carbocycles. The molecule has 0 saturated carbocycles. The number of amides is 1. The van der Waals surface area contributed by atoms with E-state index in [0.717, 1.165) is 39.7 Å². The quantitative estimate of drug-likeness (QED) is 0.560. The Morgan fingerprint density at radius 2 is 2.00 bits per heavy atom. The summed E-state index contributed by atoms with van der Waals surface area (Å²) in [6, 6.07) is 16.1. The Kier molecular flexibility index (Phi) is 4.43. The third-order valence-corrected chi connectivity index (χ3v) is 6.92. The molecular weight excluding hydrogens is 382 g/mol. The molecule has 1 amide bonds. The van der Waals surface area contributed by atoms with Crippen molar-refractivity contribution in [3.05, 3.63) is 75.7 Å². The Hall–Kier alpha value is -2.99. The zero-order valence-electron chi connectivity index (χ0n) is 16.1. The minimum absolute atomic E-state index is 0.00467. The number of rotatable bonds is 3. The molecule has 2 heterocycles. The number of benzene rings is 2. The highest BCUT2D eigenvalue weighted by molar-refractivity contribution is 7.26. The summed E-state index contributed by atoms with van der Waals surface area (Å²) >= 11 is 1.57. The Morgan fingerprint density at radius 3 is 2.90 bits per heavy atom. The van der Waals surface area contributed by atoms with Crippen LogP contribution in [0.3, 0.4) is 0 Å². The van der Waals surface area contributed by atoms with Gasteiger partial charge < -0.3 is 5.32 Å². The molecule has 29 heavy (non-hydrogen) atoms. The van der Waals surface area contributed by atoms with Crippen molar-refractivity contribution in [1.29, 1.82) is 0 Å². The van der Waals surface area contributed by atoms with E-state index >= 15 is 0 Å². The van der Waals surface area contributed by atoms with Gasteiger partial charge in [-0.25, -0.2) is 4.68 Å². The normalized spacial score (nSPS) is 16.1. The van der Waals surface area contributed by atoms with Crippen molar-refractivity contribution in [3.8, 4) is 0 Å². The smallest absolute Gasteiger partial charge is 0.276 e. The molecule has 1 aliphatic rings. The number of nitrogens with one attached hydrogen (secondary N) is 1. The molecule has 2 aromatic heterocycles. The van der Waals surface area contributed by atoms with Gasteiger partial charge in [-0.15, -0.1) is 11.3 Å². The standard InChI is InChI=1S/C23H21N3O2S/c1-14-22-21(17-10-4-5-12-19(17)29-22)23(28)26(25-14)13-20(27)24-18-11-6-8-15-7-2-3-9-16(15)18/h2-5,7,9-10,12,18H,6,8,11,13H2,1H3,(H,24,27)/t18-/m0/s1. The summed E-state index contributed by atoms with van der Waals surface area (Å²) in [5.74, 6) is -0.181. The molecule has 0 unspecified atom stereocenters. The minimum atomic E-state index is -0.206. The maximum absolute atomic E-state index is 13.1. The van der Waals surface area contributed by atoms with Crippen LogP contribution in [0.25, 0.3) is 20.2 Å². The summed E-state index contributed by atoms with van der Waals surface area (Å²) in [6.07, 6.45) is 3.01. The van der Waals surface area contributed by atoms with Gasteiger partial charge in [0.05, 0.1) is 21.8 Å². The fraction of sp³-hybridized carbons (Fsp3) is 0.261. The lowest BCUT2D eigenvalue weighted by Gasteiger charge is -2.26. The highest BCUT2D eigenvalue weighted by Crippen LogP contribution is 2.33. The van der Waals surface area contributed by atoms with Gasteiger partial charge in [-0.2, -0.15) is 5.10 Å². The molecular formula is C23H21N3O2S. The number of carbonyl (C=O) groups is 1. The number of aromatic nitrogens is 2. The first-order valence-corrected chi connectivity index (χ1v) is 10.7. The van der Waals surface area contributed by atoms with Gasteiger partial charge in [0.2, 0.25) is 5.91 Å². The number of nitrogens with zero attached hydrogens (tertiary/aromatic N) is 2. The van der Waals surface area contributed by atoms with Crippen LogP contribution < -0.4 is 10.9 Å². The molecule has 0 aliphatic heterocycles. The average molecular weight is 404 g/mol. The summed E-state index contributed by atoms with van der Waals surface area (Å²) in [5, 5.41) is 9.13. The summed E-state index contributed by atoms with van der Waals surface area (Å²) in [7, 11) is 0. The lowest BCUT2D eigenvalue weighted by molar-refractivity contribution is -0.122. The van der Waals surface area contributed by atoms with Gasteiger partial charge in [0.25, 0.3) is 5.56 Å². The molecule has 1 aliphatic carbocycles. The van der Waals surface area contributed by atoms with E-state index < -0.39 is 0 Å². The van der Waals surface area contributed by atoms with E-state index in [1.165, 1.54) is 15.8 Å². The van der Waals surface area contributed by atoms with Crippen LogP contribution in [0.2, 0.25) is 0 Å². The molecule has 0 spiro atoms. The molecule has 146 valence electrons. The predicted molar refractivity (Wildman–Crippen MR) is 116 cm³/mol. The summed E-state index contributed by atoms with van der Waals surface area (Å²) in [5.41, 5.74) is 3.04. The van der Waals surface area contributed by atoms with Gasteiger partial charge in [-0.3, -0.25) is 9.59 Å². The van der Waals surface area contributed by atoms with E-state index in [0.29, 0.717) is 5.39 Å². The molecule has 6 heteroatoms. The van der Waals surface area contributed by atoms with E-state index in [4.69, 9.17) is 0 Å². The Morgan fingerprint density at radius 1 is 1.21 bits per heavy atom. The number of hydrogen-bond donors (Lipinski definition) is 1. The van der Waals surface area contributed by atoms with Gasteiger partial charge in [0, 0.05) is 10.1 Å². The molecule has 5 nitrogen and oxygen atoms in total. The van der Waals surface area contributed by atoms with Crippen molar-refractivity contribution in [2.45, 2.75) is 38.8 Å². The third-order valence-electron chi connectivity index (χ3n) is 5.64. The molecule has 0 saturated heterocycles. The van der Waals surface area contributed by atoms with E-state index in [1.54, 1.807) is 11.3 Å². The van der Waals surface area contributed by atoms with Gasteiger partial charge in [-0.05, 0) is 43.4 Å². The Labute approximate surface area is 172 Å². The molecule has 4 aromatic rings. The number of aryl methyl sites for hydroxylation is 2. The van der Waals surface area contributed by atoms with Crippen molar-refractivity contribution in [1.82, 2.24) is 15.1 Å². The van der Waals surface area contributed by atoms with E-state index in [1.807, 2.05) is 43.3 Å². The summed E-state index contributed by atoms with van der Waals surface area (Å²) in [4.78, 5) is 25.9. The van der Waals surface area contributed by atoms with Crippen LogP contribution in [0, 0.1) is 6.92 Å². The highest BCUT2D eigenvalue weighted by atomic mass is 32.1. The monoisotopic (exact) mass is 403 g/mol. The van der Waals surface area contributed by atoms with Crippen LogP contribution >= 0.6 is 11.3 Å². The van der Waals surface area contributed by atoms with E-state index in [2.05, 4.69) is 22.5 Å². The van der Waals surface area contributed by atoms with Crippen molar-refractivity contribution in [2.24, 2.45) is 0 Å². The van der Waals surface area contributed by atoms with Crippen LogP contribution in [0.15, 0.2) is 53.3 Å². The van der Waals surface area contributed by atoms with E-state index in [-0.39, 0.29) is 24.1 Å². The molecule has 1 atom stereocenters. The maximum atomic E-state index is 13.1. The third kappa shape index (κ3) is 3.13. The van der Waals surface area contributed by atoms with Crippen molar-refractivity contribution < 1.29 is 4.79 Å². The minimum Gasteiger partial charge on any atom is -0.348 e. The Bertz CT molecular complexity index is 1300. The lowest BCUT2D eigenvalue weighted by atomic mass is 9.88. The second-order valence-electron chi connectivity index (χ2n) is 7.56. The zero-order chi connectivity index (χ0) is 20.0. The Balaban J connectivity index is 1.46. The van der Waals surface area contributed by atoms with Crippen LogP contribution in [-0.2, 0) is 17.8 Å². The van der Waals surface area contributed by atoms with Crippen LogP contribution in [0.1, 0.15) is 35.7 Å². The number of carbonyl (C=O) groups excluding carboxylic acids is 1. The number of fused-ring (bicyclic) bond motifs is 4. The van der Waals surface area contributed by atoms with Gasteiger partial charge in [0.1, 0.15) is 6.54 Å². The molecule has 0 radical (unpaired) electrons.